The van der Waals surface area contributed by atoms with E-state index in [2.05, 4.69) is 56.0 Å². The highest BCUT2D eigenvalue weighted by Gasteiger charge is 2.23. The molecule has 0 aliphatic heterocycles. The number of rotatable bonds is 5. The van der Waals surface area contributed by atoms with Crippen LogP contribution in [0.15, 0.2) is 18.2 Å². The second-order valence-electron chi connectivity index (χ2n) is 5.46. The summed E-state index contributed by atoms with van der Waals surface area (Å²) in [6.07, 6.45) is 4.09. The molecule has 1 saturated carbocycles. The van der Waals surface area contributed by atoms with Crippen molar-refractivity contribution in [3.05, 3.63) is 34.9 Å². The lowest BCUT2D eigenvalue weighted by molar-refractivity contribution is 0.525. The maximum Gasteiger partial charge on any atom is 0.0208 e. The minimum absolute atomic E-state index is 0.731. The molecule has 0 radical (unpaired) electrons. The van der Waals surface area contributed by atoms with E-state index in [-0.39, 0.29) is 0 Å². The van der Waals surface area contributed by atoms with Gasteiger partial charge in [0.2, 0.25) is 0 Å². The molecule has 1 aliphatic carbocycles. The number of hydrogen-bond donors (Lipinski definition) is 1. The van der Waals surface area contributed by atoms with Crippen molar-refractivity contribution >= 4 is 11.8 Å². The molecule has 0 aromatic heterocycles. The van der Waals surface area contributed by atoms with Gasteiger partial charge in [-0.3, -0.25) is 0 Å². The monoisotopic (exact) mass is 263 g/mol. The van der Waals surface area contributed by atoms with Gasteiger partial charge in [0, 0.05) is 17.8 Å². The van der Waals surface area contributed by atoms with Gasteiger partial charge in [-0.1, -0.05) is 36.2 Å². The summed E-state index contributed by atoms with van der Waals surface area (Å²) in [5, 5.41) is 4.62. The number of nitrogens with one attached hydrogen (secondary N) is 1. The molecule has 100 valence electrons. The van der Waals surface area contributed by atoms with Gasteiger partial charge < -0.3 is 5.32 Å². The molecular formula is C16H25NS. The third kappa shape index (κ3) is 4.03. The van der Waals surface area contributed by atoms with E-state index in [1.165, 1.54) is 41.7 Å². The van der Waals surface area contributed by atoms with Crippen molar-refractivity contribution in [1.29, 1.82) is 0 Å². The first-order chi connectivity index (χ1) is 8.67. The Morgan fingerprint density at radius 2 is 1.89 bits per heavy atom. The zero-order valence-electron chi connectivity index (χ0n) is 11.8. The summed E-state index contributed by atoms with van der Waals surface area (Å²) in [5.74, 6) is 1.26. The van der Waals surface area contributed by atoms with Crippen LogP contribution in [0.25, 0.3) is 0 Å². The molecule has 1 aromatic rings. The van der Waals surface area contributed by atoms with Crippen LogP contribution in [0.3, 0.4) is 0 Å². The highest BCUT2D eigenvalue weighted by molar-refractivity contribution is 7.99. The van der Waals surface area contributed by atoms with Gasteiger partial charge in [0.1, 0.15) is 0 Å². The minimum Gasteiger partial charge on any atom is -0.310 e. The fourth-order valence-corrected chi connectivity index (χ4v) is 4.09. The van der Waals surface area contributed by atoms with Crippen molar-refractivity contribution in [1.82, 2.24) is 5.32 Å². The van der Waals surface area contributed by atoms with Crippen LogP contribution < -0.4 is 5.32 Å². The summed E-state index contributed by atoms with van der Waals surface area (Å²) >= 11 is 2.13. The summed E-state index contributed by atoms with van der Waals surface area (Å²) in [6, 6.07) is 7.57. The normalized spacial score (nSPS) is 23.5. The molecule has 0 spiro atoms. The lowest BCUT2D eigenvalue weighted by Gasteiger charge is -2.14. The summed E-state index contributed by atoms with van der Waals surface area (Å²) < 4.78 is 0. The highest BCUT2D eigenvalue weighted by Crippen LogP contribution is 2.29. The molecule has 2 unspecified atom stereocenters. The van der Waals surface area contributed by atoms with Crippen molar-refractivity contribution in [3.8, 4) is 0 Å². The predicted molar refractivity (Wildman–Crippen MR) is 82.3 cm³/mol. The van der Waals surface area contributed by atoms with Crippen LogP contribution in [0, 0.1) is 13.8 Å². The Hall–Kier alpha value is -0.470. The standard InChI is InChI=1S/C16H25NS/c1-4-18-16-6-5-15(10-16)17-11-14-8-12(2)7-13(3)9-14/h7-9,15-17H,4-6,10-11H2,1-3H3. The van der Waals surface area contributed by atoms with Gasteiger partial charge in [0.25, 0.3) is 0 Å². The third-order valence-corrected chi connectivity index (χ3v) is 4.90. The predicted octanol–water partition coefficient (Wildman–Crippen LogP) is 4.07. The highest BCUT2D eigenvalue weighted by atomic mass is 32.2. The van der Waals surface area contributed by atoms with Gasteiger partial charge in [-0.05, 0) is 44.4 Å². The Morgan fingerprint density at radius 3 is 2.56 bits per heavy atom. The molecule has 1 aromatic carbocycles. The van der Waals surface area contributed by atoms with E-state index in [1.54, 1.807) is 0 Å². The number of benzene rings is 1. The molecular weight excluding hydrogens is 238 g/mol. The third-order valence-electron chi connectivity index (χ3n) is 3.66. The maximum absolute atomic E-state index is 3.73. The molecule has 1 fully saturated rings. The molecule has 0 amide bonds. The summed E-state index contributed by atoms with van der Waals surface area (Å²) in [7, 11) is 0. The molecule has 0 saturated heterocycles. The summed E-state index contributed by atoms with van der Waals surface area (Å²) in [4.78, 5) is 0. The Balaban J connectivity index is 1.81. The van der Waals surface area contributed by atoms with Crippen LogP contribution in [-0.4, -0.2) is 17.0 Å². The Kier molecular flexibility index (Phi) is 5.13. The van der Waals surface area contributed by atoms with E-state index in [9.17, 15) is 0 Å². The van der Waals surface area contributed by atoms with Crippen LogP contribution in [0.2, 0.25) is 0 Å². The van der Waals surface area contributed by atoms with Gasteiger partial charge >= 0.3 is 0 Å². The second-order valence-corrected chi connectivity index (χ2v) is 7.04. The first-order valence-electron chi connectivity index (χ1n) is 7.09. The van der Waals surface area contributed by atoms with Crippen molar-refractivity contribution in [2.24, 2.45) is 0 Å². The van der Waals surface area contributed by atoms with E-state index < -0.39 is 0 Å². The average Bonchev–Trinajstić information content (AvgIpc) is 2.74. The van der Waals surface area contributed by atoms with Gasteiger partial charge in [-0.15, -0.1) is 0 Å². The number of thioether (sulfide) groups is 1. The first kappa shape index (κ1) is 14.0. The Bertz CT molecular complexity index is 368. The average molecular weight is 263 g/mol. The molecule has 2 rings (SSSR count). The van der Waals surface area contributed by atoms with Gasteiger partial charge in [0.05, 0.1) is 0 Å². The van der Waals surface area contributed by atoms with Gasteiger partial charge in [0.15, 0.2) is 0 Å². The topological polar surface area (TPSA) is 12.0 Å². The fourth-order valence-electron chi connectivity index (χ4n) is 2.95. The molecule has 2 heteroatoms. The summed E-state index contributed by atoms with van der Waals surface area (Å²) in [6.45, 7) is 7.65. The first-order valence-corrected chi connectivity index (χ1v) is 8.14. The summed E-state index contributed by atoms with van der Waals surface area (Å²) in [5.41, 5.74) is 4.18. The molecule has 0 bridgehead atoms. The molecule has 1 N–H and O–H groups in total. The zero-order valence-corrected chi connectivity index (χ0v) is 12.6. The van der Waals surface area contributed by atoms with E-state index in [1.807, 2.05) is 0 Å². The zero-order chi connectivity index (χ0) is 13.0. The van der Waals surface area contributed by atoms with Gasteiger partial charge in [-0.2, -0.15) is 11.8 Å². The molecule has 1 aliphatic rings. The lowest BCUT2D eigenvalue weighted by Crippen LogP contribution is -2.26. The van der Waals surface area contributed by atoms with Crippen LogP contribution in [-0.2, 0) is 6.54 Å². The number of hydrogen-bond acceptors (Lipinski definition) is 2. The van der Waals surface area contributed by atoms with E-state index in [0.29, 0.717) is 0 Å². The van der Waals surface area contributed by atoms with E-state index in [0.717, 1.165) is 17.8 Å². The second kappa shape index (κ2) is 6.63. The molecule has 1 nitrogen and oxygen atoms in total. The van der Waals surface area contributed by atoms with Crippen LogP contribution >= 0.6 is 11.8 Å². The SMILES string of the molecule is CCSC1CCC(NCc2cc(C)cc(C)c2)C1. The van der Waals surface area contributed by atoms with Crippen molar-refractivity contribution < 1.29 is 0 Å². The molecule has 0 heterocycles. The Morgan fingerprint density at radius 1 is 1.17 bits per heavy atom. The van der Waals surface area contributed by atoms with Crippen molar-refractivity contribution in [3.63, 3.8) is 0 Å². The van der Waals surface area contributed by atoms with Gasteiger partial charge in [-0.25, -0.2) is 0 Å². The van der Waals surface area contributed by atoms with Crippen LogP contribution in [0.1, 0.15) is 42.9 Å². The van der Waals surface area contributed by atoms with Crippen LogP contribution in [0.4, 0.5) is 0 Å². The van der Waals surface area contributed by atoms with E-state index in [4.69, 9.17) is 0 Å². The number of aryl methyl sites for hydroxylation is 2. The quantitative estimate of drug-likeness (QED) is 0.859. The molecule has 2 atom stereocenters. The fraction of sp³-hybridized carbons (Fsp3) is 0.625. The van der Waals surface area contributed by atoms with E-state index >= 15 is 0 Å². The largest absolute Gasteiger partial charge is 0.310 e. The Labute approximate surface area is 116 Å². The van der Waals surface area contributed by atoms with Crippen molar-refractivity contribution in [2.45, 2.75) is 57.9 Å². The maximum atomic E-state index is 3.73. The van der Waals surface area contributed by atoms with Crippen molar-refractivity contribution in [2.75, 3.05) is 5.75 Å². The lowest BCUT2D eigenvalue weighted by atomic mass is 10.1. The van der Waals surface area contributed by atoms with Crippen LogP contribution in [0.5, 0.6) is 0 Å². The molecule has 18 heavy (non-hydrogen) atoms. The minimum atomic E-state index is 0.731. The smallest absolute Gasteiger partial charge is 0.0208 e.